The van der Waals surface area contributed by atoms with Crippen molar-refractivity contribution < 1.29 is 13.6 Å². The van der Waals surface area contributed by atoms with Crippen LogP contribution in [0.5, 0.6) is 0 Å². The summed E-state index contributed by atoms with van der Waals surface area (Å²) in [5.74, 6) is -1.27. The summed E-state index contributed by atoms with van der Waals surface area (Å²) in [5, 5.41) is 2.86. The maximum Gasteiger partial charge on any atom is 0.234 e. The van der Waals surface area contributed by atoms with Crippen molar-refractivity contribution in [3.63, 3.8) is 0 Å². The predicted molar refractivity (Wildman–Crippen MR) is 116 cm³/mol. The molecule has 3 rings (SSSR count). The van der Waals surface area contributed by atoms with E-state index in [4.69, 9.17) is 0 Å². The highest BCUT2D eigenvalue weighted by Gasteiger charge is 2.20. The average molecular weight is 414 g/mol. The molecule has 0 aromatic heterocycles. The number of halogens is 2. The second-order valence-corrected chi connectivity index (χ2v) is 7.76. The Labute approximate surface area is 177 Å². The first-order valence-electron chi connectivity index (χ1n) is 10.4. The molecule has 0 spiro atoms. The first-order valence-corrected chi connectivity index (χ1v) is 10.4. The highest BCUT2D eigenvalue weighted by atomic mass is 19.1. The Balaban J connectivity index is 1.37. The summed E-state index contributed by atoms with van der Waals surface area (Å²) in [7, 11) is 0. The molecule has 0 bridgehead atoms. The fourth-order valence-electron chi connectivity index (χ4n) is 3.64. The number of nitrogens with zero attached hydrogens (tertiary/aromatic N) is 2. The molecule has 0 aliphatic carbocycles. The van der Waals surface area contributed by atoms with E-state index < -0.39 is 11.6 Å². The third-order valence-corrected chi connectivity index (χ3v) is 5.28. The second-order valence-electron chi connectivity index (χ2n) is 7.76. The Hall–Kier alpha value is -2.57. The molecular weight excluding hydrogens is 384 g/mol. The van der Waals surface area contributed by atoms with Crippen molar-refractivity contribution in [1.82, 2.24) is 15.1 Å². The Morgan fingerprint density at radius 2 is 1.63 bits per heavy atom. The van der Waals surface area contributed by atoms with E-state index in [1.165, 1.54) is 23.8 Å². The van der Waals surface area contributed by atoms with Crippen LogP contribution in [0.25, 0.3) is 6.08 Å². The van der Waals surface area contributed by atoms with E-state index in [0.29, 0.717) is 6.54 Å². The van der Waals surface area contributed by atoms with Gasteiger partial charge < -0.3 is 5.32 Å². The summed E-state index contributed by atoms with van der Waals surface area (Å²) in [6.45, 7) is 6.41. The van der Waals surface area contributed by atoms with Crippen LogP contribution in [0, 0.1) is 11.6 Å². The van der Waals surface area contributed by atoms with Gasteiger partial charge in [0.15, 0.2) is 0 Å². The number of carbonyl (C=O) groups excluding carboxylic acids is 1. The summed E-state index contributed by atoms with van der Waals surface area (Å²) in [5.41, 5.74) is 1.21. The Morgan fingerprint density at radius 1 is 1.00 bits per heavy atom. The van der Waals surface area contributed by atoms with Crippen LogP contribution in [0.2, 0.25) is 0 Å². The van der Waals surface area contributed by atoms with Gasteiger partial charge in [0, 0.05) is 44.3 Å². The van der Waals surface area contributed by atoms with Gasteiger partial charge >= 0.3 is 0 Å². The van der Waals surface area contributed by atoms with E-state index in [1.54, 1.807) is 6.92 Å². The molecule has 4 nitrogen and oxygen atoms in total. The largest absolute Gasteiger partial charge is 0.352 e. The molecule has 1 heterocycles. The molecule has 2 aromatic carbocycles. The molecule has 1 unspecified atom stereocenters. The van der Waals surface area contributed by atoms with Crippen LogP contribution in [-0.4, -0.2) is 61.0 Å². The van der Waals surface area contributed by atoms with E-state index in [1.807, 2.05) is 18.2 Å². The van der Waals surface area contributed by atoms with Crippen molar-refractivity contribution in [2.45, 2.75) is 19.4 Å². The first kappa shape index (κ1) is 22.1. The summed E-state index contributed by atoms with van der Waals surface area (Å²) in [6.07, 6.45) is 4.42. The normalized spacial score (nSPS) is 16.6. The van der Waals surface area contributed by atoms with Crippen LogP contribution in [0.1, 0.15) is 18.1 Å². The SMILES string of the molecule is CC(Cc1c(F)cccc1F)NC(=O)CN1CCN(C/C=C/c2ccccc2)CC1. The lowest BCUT2D eigenvalue weighted by molar-refractivity contribution is -0.123. The van der Waals surface area contributed by atoms with Gasteiger partial charge in [-0.2, -0.15) is 0 Å². The van der Waals surface area contributed by atoms with Crippen LogP contribution in [-0.2, 0) is 11.2 Å². The van der Waals surface area contributed by atoms with Crippen LogP contribution in [0.4, 0.5) is 8.78 Å². The Morgan fingerprint density at radius 3 is 2.30 bits per heavy atom. The third kappa shape index (κ3) is 6.75. The molecule has 1 atom stereocenters. The van der Waals surface area contributed by atoms with E-state index in [9.17, 15) is 13.6 Å². The molecule has 2 aromatic rings. The molecule has 6 heteroatoms. The van der Waals surface area contributed by atoms with Gasteiger partial charge in [-0.3, -0.25) is 14.6 Å². The summed E-state index contributed by atoms with van der Waals surface area (Å²) >= 11 is 0. The number of hydrogen-bond donors (Lipinski definition) is 1. The molecule has 1 aliphatic heterocycles. The van der Waals surface area contributed by atoms with E-state index in [0.717, 1.165) is 32.7 Å². The van der Waals surface area contributed by atoms with Crippen molar-refractivity contribution >= 4 is 12.0 Å². The molecular formula is C24H29F2N3O. The molecule has 1 N–H and O–H groups in total. The number of rotatable bonds is 8. The zero-order chi connectivity index (χ0) is 21.3. The number of amides is 1. The molecule has 30 heavy (non-hydrogen) atoms. The molecule has 0 radical (unpaired) electrons. The van der Waals surface area contributed by atoms with Gasteiger partial charge in [-0.15, -0.1) is 0 Å². The predicted octanol–water partition coefficient (Wildman–Crippen LogP) is 3.34. The standard InChI is InChI=1S/C24H29F2N3O/c1-19(17-21-22(25)10-5-11-23(21)26)27-24(30)18-29-15-13-28(14-16-29)12-6-9-20-7-3-2-4-8-20/h2-11,19H,12-18H2,1H3,(H,27,30)/b9-6+. The van der Waals surface area contributed by atoms with Crippen LogP contribution in [0.15, 0.2) is 54.6 Å². The minimum atomic E-state index is -0.575. The fraction of sp³-hybridized carbons (Fsp3) is 0.375. The topological polar surface area (TPSA) is 35.6 Å². The highest BCUT2D eigenvalue weighted by molar-refractivity contribution is 5.78. The van der Waals surface area contributed by atoms with Gasteiger partial charge in [-0.25, -0.2) is 8.78 Å². The summed E-state index contributed by atoms with van der Waals surface area (Å²) < 4.78 is 27.5. The molecule has 0 saturated carbocycles. The third-order valence-electron chi connectivity index (χ3n) is 5.28. The molecule has 160 valence electrons. The van der Waals surface area contributed by atoms with Crippen molar-refractivity contribution in [2.24, 2.45) is 0 Å². The maximum absolute atomic E-state index is 13.8. The maximum atomic E-state index is 13.8. The number of nitrogens with one attached hydrogen (secondary N) is 1. The lowest BCUT2D eigenvalue weighted by atomic mass is 10.1. The Bertz CT molecular complexity index is 829. The molecule has 1 fully saturated rings. The fourth-order valence-corrected chi connectivity index (χ4v) is 3.64. The number of benzene rings is 2. The van der Waals surface area contributed by atoms with Gasteiger partial charge in [-0.1, -0.05) is 48.6 Å². The lowest BCUT2D eigenvalue weighted by Crippen LogP contribution is -2.50. The van der Waals surface area contributed by atoms with Crippen molar-refractivity contribution in [1.29, 1.82) is 0 Å². The zero-order valence-corrected chi connectivity index (χ0v) is 17.4. The van der Waals surface area contributed by atoms with E-state index >= 15 is 0 Å². The Kier molecular flexibility index (Phi) is 8.11. The highest BCUT2D eigenvalue weighted by Crippen LogP contribution is 2.14. The number of carbonyl (C=O) groups is 1. The van der Waals surface area contributed by atoms with Crippen molar-refractivity contribution in [3.05, 3.63) is 77.4 Å². The number of piperazine rings is 1. The van der Waals surface area contributed by atoms with Gasteiger partial charge in [0.1, 0.15) is 11.6 Å². The number of hydrogen-bond acceptors (Lipinski definition) is 3. The van der Waals surface area contributed by atoms with Crippen LogP contribution >= 0.6 is 0 Å². The van der Waals surface area contributed by atoms with E-state index in [-0.39, 0.29) is 23.9 Å². The monoisotopic (exact) mass is 413 g/mol. The van der Waals surface area contributed by atoms with Gasteiger partial charge in [-0.05, 0) is 31.0 Å². The quantitative estimate of drug-likeness (QED) is 0.721. The minimum Gasteiger partial charge on any atom is -0.352 e. The average Bonchev–Trinajstić information content (AvgIpc) is 2.73. The molecule has 1 aliphatic rings. The minimum absolute atomic E-state index is 0.0162. The molecule has 1 amide bonds. The lowest BCUT2D eigenvalue weighted by Gasteiger charge is -2.33. The summed E-state index contributed by atoms with van der Waals surface area (Å²) in [6, 6.07) is 13.7. The second kappa shape index (κ2) is 11.0. The van der Waals surface area contributed by atoms with E-state index in [2.05, 4.69) is 39.4 Å². The smallest absolute Gasteiger partial charge is 0.234 e. The van der Waals surface area contributed by atoms with Gasteiger partial charge in [0.05, 0.1) is 6.54 Å². The van der Waals surface area contributed by atoms with Crippen LogP contribution in [0.3, 0.4) is 0 Å². The van der Waals surface area contributed by atoms with Gasteiger partial charge in [0.25, 0.3) is 0 Å². The van der Waals surface area contributed by atoms with Crippen LogP contribution < -0.4 is 5.32 Å². The zero-order valence-electron chi connectivity index (χ0n) is 17.4. The first-order chi connectivity index (χ1) is 14.5. The summed E-state index contributed by atoms with van der Waals surface area (Å²) in [4.78, 5) is 16.8. The molecule has 1 saturated heterocycles. The van der Waals surface area contributed by atoms with Crippen molar-refractivity contribution in [3.8, 4) is 0 Å². The van der Waals surface area contributed by atoms with Crippen molar-refractivity contribution in [2.75, 3.05) is 39.3 Å². The van der Waals surface area contributed by atoms with Gasteiger partial charge in [0.2, 0.25) is 5.91 Å².